The fourth-order valence-corrected chi connectivity index (χ4v) is 2.82. The van der Waals surface area contributed by atoms with Crippen molar-refractivity contribution >= 4 is 23.5 Å². The summed E-state index contributed by atoms with van der Waals surface area (Å²) in [5.74, 6) is -0.257. The monoisotopic (exact) mass is 398 g/mol. The lowest BCUT2D eigenvalue weighted by atomic mass is 10.1. The molecule has 6 heteroatoms. The van der Waals surface area contributed by atoms with Crippen molar-refractivity contribution in [1.82, 2.24) is 0 Å². The summed E-state index contributed by atoms with van der Waals surface area (Å²) in [6.45, 7) is 4.09. The van der Waals surface area contributed by atoms with E-state index >= 15 is 0 Å². The molecule has 0 N–H and O–H groups in total. The molecule has 0 aliphatic rings. The molecule has 0 aliphatic carbocycles. The molecule has 0 saturated heterocycles. The minimum absolute atomic E-state index is 0.00439. The number of carbonyl (C=O) groups is 2. The van der Waals surface area contributed by atoms with Crippen molar-refractivity contribution in [2.75, 3.05) is 7.11 Å². The molecule has 1 atom stereocenters. The van der Waals surface area contributed by atoms with Gasteiger partial charge in [0, 0.05) is 11.1 Å². The van der Waals surface area contributed by atoms with E-state index in [4.69, 9.17) is 25.8 Å². The molecule has 0 saturated carbocycles. The average molecular weight is 399 g/mol. The van der Waals surface area contributed by atoms with Gasteiger partial charge in [-0.15, -0.1) is 0 Å². The lowest BCUT2D eigenvalue weighted by Gasteiger charge is -2.13. The highest BCUT2D eigenvalue weighted by molar-refractivity contribution is 6.30. The standard InChI is InChI=1S/C21H31ClO5/c1-4-5-6-7-8-9-10-16(2)26-20(23)13-14-21(24)27-18-12-11-17(22)15-19(18)25-3/h11-12,15-16H,4-10,13-14H2,1-3H3. The maximum Gasteiger partial charge on any atom is 0.311 e. The predicted molar refractivity (Wildman–Crippen MR) is 106 cm³/mol. The normalized spacial score (nSPS) is 11.7. The van der Waals surface area contributed by atoms with Crippen molar-refractivity contribution in [2.45, 2.75) is 77.7 Å². The van der Waals surface area contributed by atoms with Gasteiger partial charge in [0.05, 0.1) is 26.1 Å². The molecule has 1 rings (SSSR count). The Morgan fingerprint density at radius 1 is 1.00 bits per heavy atom. The van der Waals surface area contributed by atoms with E-state index in [-0.39, 0.29) is 30.7 Å². The molecule has 0 aromatic heterocycles. The van der Waals surface area contributed by atoms with Crippen LogP contribution in [0.2, 0.25) is 5.02 Å². The van der Waals surface area contributed by atoms with Gasteiger partial charge in [0.1, 0.15) is 0 Å². The van der Waals surface area contributed by atoms with Crippen LogP contribution in [-0.2, 0) is 14.3 Å². The second-order valence-corrected chi connectivity index (χ2v) is 7.06. The van der Waals surface area contributed by atoms with Crippen LogP contribution < -0.4 is 9.47 Å². The molecule has 0 heterocycles. The molecular weight excluding hydrogens is 368 g/mol. The molecule has 0 fully saturated rings. The lowest BCUT2D eigenvalue weighted by molar-refractivity contribution is -0.151. The first-order valence-electron chi connectivity index (χ1n) is 9.70. The lowest BCUT2D eigenvalue weighted by Crippen LogP contribution is -2.17. The van der Waals surface area contributed by atoms with Crippen molar-refractivity contribution < 1.29 is 23.8 Å². The Bertz CT molecular complexity index is 588. The quantitative estimate of drug-likeness (QED) is 0.241. The second-order valence-electron chi connectivity index (χ2n) is 6.63. The van der Waals surface area contributed by atoms with Crippen LogP contribution in [0.15, 0.2) is 18.2 Å². The number of esters is 2. The highest BCUT2D eigenvalue weighted by Gasteiger charge is 2.15. The van der Waals surface area contributed by atoms with Gasteiger partial charge < -0.3 is 14.2 Å². The Labute approximate surface area is 167 Å². The number of halogens is 1. The third-order valence-corrected chi connectivity index (χ3v) is 4.41. The number of unbranched alkanes of at least 4 members (excludes halogenated alkanes) is 5. The van der Waals surface area contributed by atoms with Crippen LogP contribution in [0.3, 0.4) is 0 Å². The molecule has 1 unspecified atom stereocenters. The zero-order valence-electron chi connectivity index (χ0n) is 16.6. The fourth-order valence-electron chi connectivity index (χ4n) is 2.66. The summed E-state index contributed by atoms with van der Waals surface area (Å²) in [6, 6.07) is 4.72. The number of methoxy groups -OCH3 is 1. The Balaban J connectivity index is 2.24. The van der Waals surface area contributed by atoms with Crippen LogP contribution in [0.5, 0.6) is 11.5 Å². The van der Waals surface area contributed by atoms with Crippen LogP contribution in [-0.4, -0.2) is 25.2 Å². The molecule has 0 bridgehead atoms. The Hall–Kier alpha value is -1.75. The zero-order chi connectivity index (χ0) is 20.1. The van der Waals surface area contributed by atoms with E-state index in [0.717, 1.165) is 19.3 Å². The highest BCUT2D eigenvalue weighted by atomic mass is 35.5. The van der Waals surface area contributed by atoms with Crippen LogP contribution in [0, 0.1) is 0 Å². The second kappa shape index (κ2) is 13.4. The van der Waals surface area contributed by atoms with Crippen LogP contribution in [0.4, 0.5) is 0 Å². The molecule has 0 aliphatic heterocycles. The van der Waals surface area contributed by atoms with E-state index in [1.165, 1.54) is 32.8 Å². The average Bonchev–Trinajstić information content (AvgIpc) is 2.64. The van der Waals surface area contributed by atoms with Gasteiger partial charge in [-0.1, -0.05) is 50.6 Å². The third-order valence-electron chi connectivity index (χ3n) is 4.18. The zero-order valence-corrected chi connectivity index (χ0v) is 17.3. The molecule has 0 radical (unpaired) electrons. The number of hydrogen-bond acceptors (Lipinski definition) is 5. The number of rotatable bonds is 13. The van der Waals surface area contributed by atoms with E-state index in [9.17, 15) is 9.59 Å². The maximum atomic E-state index is 11.9. The molecule has 5 nitrogen and oxygen atoms in total. The fraction of sp³-hybridized carbons (Fsp3) is 0.619. The molecule has 1 aromatic rings. The van der Waals surface area contributed by atoms with Gasteiger partial charge in [0.15, 0.2) is 11.5 Å². The van der Waals surface area contributed by atoms with Gasteiger partial charge in [-0.2, -0.15) is 0 Å². The maximum absolute atomic E-state index is 11.9. The van der Waals surface area contributed by atoms with E-state index in [1.807, 2.05) is 6.92 Å². The van der Waals surface area contributed by atoms with Gasteiger partial charge in [-0.3, -0.25) is 9.59 Å². The van der Waals surface area contributed by atoms with Crippen molar-refractivity contribution in [3.05, 3.63) is 23.2 Å². The summed E-state index contributed by atoms with van der Waals surface area (Å²) in [5.41, 5.74) is 0. The number of carbonyl (C=O) groups excluding carboxylic acids is 2. The summed E-state index contributed by atoms with van der Waals surface area (Å²) >= 11 is 5.87. The van der Waals surface area contributed by atoms with Gasteiger partial charge in [-0.05, 0) is 31.9 Å². The largest absolute Gasteiger partial charge is 0.493 e. The van der Waals surface area contributed by atoms with Crippen molar-refractivity contribution in [3.8, 4) is 11.5 Å². The van der Waals surface area contributed by atoms with E-state index < -0.39 is 5.97 Å². The number of benzene rings is 1. The minimum atomic E-state index is -0.517. The van der Waals surface area contributed by atoms with E-state index in [1.54, 1.807) is 18.2 Å². The van der Waals surface area contributed by atoms with Crippen LogP contribution in [0.25, 0.3) is 0 Å². The minimum Gasteiger partial charge on any atom is -0.493 e. The number of ether oxygens (including phenoxy) is 3. The topological polar surface area (TPSA) is 61.8 Å². The Morgan fingerprint density at radius 3 is 2.37 bits per heavy atom. The Morgan fingerprint density at radius 2 is 1.67 bits per heavy atom. The molecule has 1 aromatic carbocycles. The highest BCUT2D eigenvalue weighted by Crippen LogP contribution is 2.30. The van der Waals surface area contributed by atoms with Crippen LogP contribution in [0.1, 0.15) is 71.6 Å². The first-order valence-corrected chi connectivity index (χ1v) is 10.1. The third kappa shape index (κ3) is 10.2. The summed E-state index contributed by atoms with van der Waals surface area (Å²) in [5, 5.41) is 0.481. The first kappa shape index (κ1) is 23.3. The molecule has 0 spiro atoms. The van der Waals surface area contributed by atoms with Gasteiger partial charge in [0.2, 0.25) is 0 Å². The summed E-state index contributed by atoms with van der Waals surface area (Å²) < 4.78 is 15.7. The van der Waals surface area contributed by atoms with Crippen LogP contribution >= 0.6 is 11.6 Å². The number of hydrogen-bond donors (Lipinski definition) is 0. The first-order chi connectivity index (χ1) is 13.0. The molecular formula is C21H31ClO5. The van der Waals surface area contributed by atoms with Crippen molar-refractivity contribution in [1.29, 1.82) is 0 Å². The van der Waals surface area contributed by atoms with Gasteiger partial charge >= 0.3 is 11.9 Å². The molecule has 27 heavy (non-hydrogen) atoms. The summed E-state index contributed by atoms with van der Waals surface area (Å²) in [6.07, 6.45) is 7.90. The van der Waals surface area contributed by atoms with E-state index in [2.05, 4.69) is 6.92 Å². The smallest absolute Gasteiger partial charge is 0.311 e. The predicted octanol–water partition coefficient (Wildman–Crippen LogP) is 5.72. The summed E-state index contributed by atoms with van der Waals surface area (Å²) in [7, 11) is 1.46. The van der Waals surface area contributed by atoms with Crippen molar-refractivity contribution in [2.24, 2.45) is 0 Å². The Kier molecular flexibility index (Phi) is 11.6. The van der Waals surface area contributed by atoms with Gasteiger partial charge in [0.25, 0.3) is 0 Å². The van der Waals surface area contributed by atoms with Gasteiger partial charge in [-0.25, -0.2) is 0 Å². The van der Waals surface area contributed by atoms with E-state index in [0.29, 0.717) is 10.8 Å². The molecule has 152 valence electrons. The SMILES string of the molecule is CCCCCCCCC(C)OC(=O)CCC(=O)Oc1ccc(Cl)cc1OC. The molecule has 0 amide bonds. The van der Waals surface area contributed by atoms with Crippen molar-refractivity contribution in [3.63, 3.8) is 0 Å². The summed E-state index contributed by atoms with van der Waals surface area (Å²) in [4.78, 5) is 23.8.